The second kappa shape index (κ2) is 7.70. The van der Waals surface area contributed by atoms with E-state index >= 15 is 0 Å². The molecule has 3 rings (SSSR count). The van der Waals surface area contributed by atoms with Crippen LogP contribution in [-0.2, 0) is 4.74 Å². The highest BCUT2D eigenvalue weighted by Gasteiger charge is 2.31. The Bertz CT molecular complexity index is 748. The first-order valence-electron chi connectivity index (χ1n) is 8.10. The van der Waals surface area contributed by atoms with E-state index < -0.39 is 0 Å². The SMILES string of the molecule is COc1cccc(C(=O)NCCN2CC(c3ccccc3)OC2=O)c1. The van der Waals surface area contributed by atoms with Crippen molar-refractivity contribution in [3.63, 3.8) is 0 Å². The number of nitrogens with zero attached hydrogens (tertiary/aromatic N) is 1. The molecule has 1 saturated heterocycles. The van der Waals surface area contributed by atoms with Gasteiger partial charge in [0.25, 0.3) is 5.91 Å². The lowest BCUT2D eigenvalue weighted by Crippen LogP contribution is -2.35. The van der Waals surface area contributed by atoms with Gasteiger partial charge in [-0.05, 0) is 23.8 Å². The van der Waals surface area contributed by atoms with Gasteiger partial charge in [0.05, 0.1) is 13.7 Å². The summed E-state index contributed by atoms with van der Waals surface area (Å²) in [5.41, 5.74) is 1.49. The Balaban J connectivity index is 1.50. The lowest BCUT2D eigenvalue weighted by atomic mass is 10.1. The van der Waals surface area contributed by atoms with E-state index in [9.17, 15) is 9.59 Å². The van der Waals surface area contributed by atoms with E-state index in [1.54, 1.807) is 36.3 Å². The normalized spacial score (nSPS) is 16.4. The van der Waals surface area contributed by atoms with Gasteiger partial charge in [-0.1, -0.05) is 36.4 Å². The highest BCUT2D eigenvalue weighted by atomic mass is 16.6. The van der Waals surface area contributed by atoms with E-state index in [1.807, 2.05) is 30.3 Å². The van der Waals surface area contributed by atoms with Crippen molar-refractivity contribution in [2.75, 3.05) is 26.7 Å². The summed E-state index contributed by atoms with van der Waals surface area (Å²) in [6, 6.07) is 16.6. The fourth-order valence-electron chi connectivity index (χ4n) is 2.70. The van der Waals surface area contributed by atoms with E-state index in [2.05, 4.69) is 5.32 Å². The fraction of sp³-hybridized carbons (Fsp3) is 0.263. The maximum Gasteiger partial charge on any atom is 0.410 e. The number of hydrogen-bond acceptors (Lipinski definition) is 4. The van der Waals surface area contributed by atoms with Crippen LogP contribution in [0.25, 0.3) is 0 Å². The first-order chi connectivity index (χ1) is 12.2. The second-order valence-corrected chi connectivity index (χ2v) is 5.72. The first-order valence-corrected chi connectivity index (χ1v) is 8.10. The van der Waals surface area contributed by atoms with Crippen LogP contribution in [0.4, 0.5) is 4.79 Å². The minimum absolute atomic E-state index is 0.203. The molecule has 0 aliphatic carbocycles. The number of benzene rings is 2. The van der Waals surface area contributed by atoms with Crippen molar-refractivity contribution in [2.45, 2.75) is 6.10 Å². The van der Waals surface area contributed by atoms with Crippen molar-refractivity contribution in [1.82, 2.24) is 10.2 Å². The van der Waals surface area contributed by atoms with Crippen LogP contribution < -0.4 is 10.1 Å². The van der Waals surface area contributed by atoms with Crippen molar-refractivity contribution in [1.29, 1.82) is 0 Å². The van der Waals surface area contributed by atoms with Crippen LogP contribution >= 0.6 is 0 Å². The molecule has 1 unspecified atom stereocenters. The molecular weight excluding hydrogens is 320 g/mol. The third kappa shape index (κ3) is 4.09. The van der Waals surface area contributed by atoms with Crippen LogP contribution in [0, 0.1) is 0 Å². The minimum atomic E-state index is -0.357. The number of methoxy groups -OCH3 is 1. The molecule has 1 atom stereocenters. The number of hydrogen-bond donors (Lipinski definition) is 1. The summed E-state index contributed by atoms with van der Waals surface area (Å²) < 4.78 is 10.5. The summed E-state index contributed by atoms with van der Waals surface area (Å²) >= 11 is 0. The van der Waals surface area contributed by atoms with Gasteiger partial charge in [-0.25, -0.2) is 4.79 Å². The molecule has 6 nitrogen and oxygen atoms in total. The molecule has 25 heavy (non-hydrogen) atoms. The predicted octanol–water partition coefficient (Wildman–Crippen LogP) is 2.62. The third-order valence-corrected chi connectivity index (χ3v) is 4.06. The largest absolute Gasteiger partial charge is 0.497 e. The molecule has 0 saturated carbocycles. The quantitative estimate of drug-likeness (QED) is 0.878. The summed E-state index contributed by atoms with van der Waals surface area (Å²) in [6.07, 6.45) is -0.618. The molecule has 2 aromatic rings. The van der Waals surface area contributed by atoms with E-state index in [1.165, 1.54) is 0 Å². The summed E-state index contributed by atoms with van der Waals surface area (Å²) in [5.74, 6) is 0.424. The Morgan fingerprint density at radius 1 is 1.24 bits per heavy atom. The van der Waals surface area contributed by atoms with Gasteiger partial charge in [0.15, 0.2) is 0 Å². The van der Waals surface area contributed by atoms with Crippen LogP contribution in [0.3, 0.4) is 0 Å². The first kappa shape index (κ1) is 16.8. The molecule has 130 valence electrons. The van der Waals surface area contributed by atoms with Crippen LogP contribution in [0.15, 0.2) is 54.6 Å². The summed E-state index contributed by atoms with van der Waals surface area (Å²) in [4.78, 5) is 25.7. The van der Waals surface area contributed by atoms with Gasteiger partial charge in [0.2, 0.25) is 0 Å². The maximum atomic E-state index is 12.2. The summed E-state index contributed by atoms with van der Waals surface area (Å²) in [6.45, 7) is 1.24. The van der Waals surface area contributed by atoms with Crippen LogP contribution in [0.2, 0.25) is 0 Å². The molecule has 1 aliphatic heterocycles. The minimum Gasteiger partial charge on any atom is -0.497 e. The number of rotatable bonds is 6. The van der Waals surface area contributed by atoms with Crippen molar-refractivity contribution in [2.24, 2.45) is 0 Å². The van der Waals surface area contributed by atoms with Crippen LogP contribution in [0.5, 0.6) is 5.75 Å². The topological polar surface area (TPSA) is 67.9 Å². The average Bonchev–Trinajstić information content (AvgIpc) is 3.03. The van der Waals surface area contributed by atoms with E-state index in [0.717, 1.165) is 5.56 Å². The Hall–Kier alpha value is -3.02. The Kier molecular flexibility index (Phi) is 5.18. The molecule has 0 aromatic heterocycles. The van der Waals surface area contributed by atoms with Crippen molar-refractivity contribution in [3.05, 3.63) is 65.7 Å². The Morgan fingerprint density at radius 2 is 2.04 bits per heavy atom. The zero-order valence-corrected chi connectivity index (χ0v) is 14.0. The standard InChI is InChI=1S/C19H20N2O4/c1-24-16-9-5-8-15(12-16)18(22)20-10-11-21-13-17(25-19(21)23)14-6-3-2-4-7-14/h2-9,12,17H,10-11,13H2,1H3,(H,20,22). The number of nitrogens with one attached hydrogen (secondary N) is 1. The van der Waals surface area contributed by atoms with Crippen LogP contribution in [-0.4, -0.2) is 43.6 Å². The smallest absolute Gasteiger partial charge is 0.410 e. The molecule has 0 spiro atoms. The number of carbonyl (C=O) groups excluding carboxylic acids is 2. The molecule has 1 N–H and O–H groups in total. The zero-order valence-electron chi connectivity index (χ0n) is 14.0. The molecular formula is C19H20N2O4. The van der Waals surface area contributed by atoms with Gasteiger partial charge in [0, 0.05) is 18.7 Å². The molecule has 2 amide bonds. The van der Waals surface area contributed by atoms with Gasteiger partial charge >= 0.3 is 6.09 Å². The molecule has 2 aromatic carbocycles. The third-order valence-electron chi connectivity index (χ3n) is 4.06. The Labute approximate surface area is 146 Å². The van der Waals surface area contributed by atoms with Gasteiger partial charge in [-0.15, -0.1) is 0 Å². The monoisotopic (exact) mass is 340 g/mol. The molecule has 1 aliphatic rings. The highest BCUT2D eigenvalue weighted by molar-refractivity contribution is 5.94. The molecule has 1 fully saturated rings. The lowest BCUT2D eigenvalue weighted by Gasteiger charge is -2.13. The van der Waals surface area contributed by atoms with E-state index in [0.29, 0.717) is 30.9 Å². The van der Waals surface area contributed by atoms with Crippen LogP contribution in [0.1, 0.15) is 22.0 Å². The van der Waals surface area contributed by atoms with Gasteiger partial charge in [0.1, 0.15) is 11.9 Å². The van der Waals surface area contributed by atoms with E-state index in [-0.39, 0.29) is 18.1 Å². The number of carbonyl (C=O) groups is 2. The number of ether oxygens (including phenoxy) is 2. The van der Waals surface area contributed by atoms with Crippen molar-refractivity contribution < 1.29 is 19.1 Å². The van der Waals surface area contributed by atoms with E-state index in [4.69, 9.17) is 9.47 Å². The van der Waals surface area contributed by atoms with Gasteiger partial charge in [-0.2, -0.15) is 0 Å². The van der Waals surface area contributed by atoms with Gasteiger partial charge in [-0.3, -0.25) is 4.79 Å². The second-order valence-electron chi connectivity index (χ2n) is 5.72. The highest BCUT2D eigenvalue weighted by Crippen LogP contribution is 2.25. The van der Waals surface area contributed by atoms with Gasteiger partial charge < -0.3 is 19.7 Å². The number of cyclic esters (lactones) is 1. The maximum absolute atomic E-state index is 12.2. The summed E-state index contributed by atoms with van der Waals surface area (Å²) in [7, 11) is 1.55. The zero-order chi connectivity index (χ0) is 17.6. The predicted molar refractivity (Wildman–Crippen MR) is 92.6 cm³/mol. The molecule has 6 heteroatoms. The lowest BCUT2D eigenvalue weighted by molar-refractivity contribution is 0.0948. The molecule has 0 bridgehead atoms. The number of amides is 2. The van der Waals surface area contributed by atoms with Crippen molar-refractivity contribution in [3.8, 4) is 5.75 Å². The average molecular weight is 340 g/mol. The molecule has 1 heterocycles. The fourth-order valence-corrected chi connectivity index (χ4v) is 2.70. The molecule has 0 radical (unpaired) electrons. The van der Waals surface area contributed by atoms with Crippen molar-refractivity contribution >= 4 is 12.0 Å². The summed E-state index contributed by atoms with van der Waals surface area (Å²) in [5, 5.41) is 2.81. The Morgan fingerprint density at radius 3 is 2.80 bits per heavy atom.